The lowest BCUT2D eigenvalue weighted by molar-refractivity contribution is 0.304. The van der Waals surface area contributed by atoms with E-state index in [-0.39, 0.29) is 0 Å². The standard InChI is InChI=1S/C17H17BN8O/c1-25-13(3-6-20-25)22-17-19-5-2-12(21-17)10-8-14-23-24-16-11(18)4-7-27-15(9-10)26(14)16/h2-3,5-6,8-9,11H,4,7,18H2,1H3,(H,19,21,22). The van der Waals surface area contributed by atoms with Crippen LogP contribution < -0.4 is 10.1 Å². The van der Waals surface area contributed by atoms with Gasteiger partial charge in [0, 0.05) is 30.9 Å². The number of anilines is 2. The summed E-state index contributed by atoms with van der Waals surface area (Å²) in [7, 11) is 4.00. The van der Waals surface area contributed by atoms with E-state index in [0.29, 0.717) is 18.4 Å². The third-order valence-electron chi connectivity index (χ3n) is 4.75. The van der Waals surface area contributed by atoms with Crippen LogP contribution in [0.25, 0.3) is 16.9 Å². The van der Waals surface area contributed by atoms with E-state index in [1.807, 2.05) is 35.7 Å². The molecule has 1 atom stereocenters. The molecular weight excluding hydrogens is 343 g/mol. The summed E-state index contributed by atoms with van der Waals surface area (Å²) in [6, 6.07) is 7.68. The highest BCUT2D eigenvalue weighted by Crippen LogP contribution is 2.30. The zero-order valence-electron chi connectivity index (χ0n) is 15.0. The lowest BCUT2D eigenvalue weighted by Crippen LogP contribution is -2.03. The first-order valence-electron chi connectivity index (χ1n) is 8.79. The SMILES string of the molecule is BC1CCOc2cc(-c3ccnc(Nc4ccnn4C)n3)cc3nnc1n23. The van der Waals surface area contributed by atoms with E-state index in [0.717, 1.165) is 40.8 Å². The molecule has 1 unspecified atom stereocenters. The van der Waals surface area contributed by atoms with Crippen LogP contribution in [-0.2, 0) is 7.05 Å². The van der Waals surface area contributed by atoms with E-state index in [9.17, 15) is 0 Å². The number of aromatic nitrogens is 7. The molecule has 4 aromatic rings. The Morgan fingerprint density at radius 1 is 1.22 bits per heavy atom. The minimum Gasteiger partial charge on any atom is -0.479 e. The first-order chi connectivity index (χ1) is 13.2. The Hall–Kier alpha value is -3.43. The summed E-state index contributed by atoms with van der Waals surface area (Å²) in [4.78, 5) is 8.93. The molecule has 0 fully saturated rings. The molecule has 0 amide bonds. The van der Waals surface area contributed by atoms with Crippen molar-refractivity contribution in [3.8, 4) is 17.1 Å². The summed E-state index contributed by atoms with van der Waals surface area (Å²) >= 11 is 0. The van der Waals surface area contributed by atoms with Crippen LogP contribution in [0.3, 0.4) is 0 Å². The second-order valence-corrected chi connectivity index (χ2v) is 6.60. The van der Waals surface area contributed by atoms with Crippen LogP contribution in [0.15, 0.2) is 36.7 Å². The smallest absolute Gasteiger partial charge is 0.228 e. The molecule has 0 aliphatic carbocycles. The molecule has 0 bridgehead atoms. The Morgan fingerprint density at radius 3 is 3.00 bits per heavy atom. The highest BCUT2D eigenvalue weighted by molar-refractivity contribution is 6.12. The Balaban J connectivity index is 1.56. The lowest BCUT2D eigenvalue weighted by Gasteiger charge is -2.10. The minimum absolute atomic E-state index is 0.306. The summed E-state index contributed by atoms with van der Waals surface area (Å²) in [6.45, 7) is 0.653. The van der Waals surface area contributed by atoms with Gasteiger partial charge in [0.1, 0.15) is 19.5 Å². The monoisotopic (exact) mass is 360 g/mol. The van der Waals surface area contributed by atoms with Crippen molar-refractivity contribution >= 4 is 25.3 Å². The maximum Gasteiger partial charge on any atom is 0.228 e. The van der Waals surface area contributed by atoms with Crippen molar-refractivity contribution < 1.29 is 4.74 Å². The van der Waals surface area contributed by atoms with Crippen molar-refractivity contribution in [1.82, 2.24) is 34.3 Å². The zero-order chi connectivity index (χ0) is 18.4. The lowest BCUT2D eigenvalue weighted by atomic mass is 9.84. The van der Waals surface area contributed by atoms with E-state index in [1.54, 1.807) is 17.1 Å². The minimum atomic E-state index is 0.306. The molecular formula is C17H17BN8O. The van der Waals surface area contributed by atoms with Gasteiger partial charge in [-0.15, -0.1) is 10.2 Å². The van der Waals surface area contributed by atoms with Gasteiger partial charge in [-0.2, -0.15) is 5.10 Å². The average Bonchev–Trinajstić information content (AvgIpc) is 3.24. The summed E-state index contributed by atoms with van der Waals surface area (Å²) in [5, 5.41) is 16.0. The molecule has 0 radical (unpaired) electrons. The molecule has 0 aromatic carbocycles. The van der Waals surface area contributed by atoms with Crippen molar-refractivity contribution in [3.05, 3.63) is 42.5 Å². The number of pyridine rings is 1. The average molecular weight is 360 g/mol. The largest absolute Gasteiger partial charge is 0.479 e. The molecule has 0 saturated heterocycles. The maximum atomic E-state index is 5.95. The van der Waals surface area contributed by atoms with Crippen molar-refractivity contribution in [1.29, 1.82) is 0 Å². The number of nitrogens with zero attached hydrogens (tertiary/aromatic N) is 7. The van der Waals surface area contributed by atoms with Crippen LogP contribution in [0.4, 0.5) is 11.8 Å². The van der Waals surface area contributed by atoms with Gasteiger partial charge in [0.15, 0.2) is 5.65 Å². The fraction of sp³-hybridized carbons (Fsp3) is 0.235. The first kappa shape index (κ1) is 15.8. The van der Waals surface area contributed by atoms with Gasteiger partial charge in [0.05, 0.1) is 18.5 Å². The van der Waals surface area contributed by atoms with Gasteiger partial charge in [0.25, 0.3) is 0 Å². The molecule has 5 heterocycles. The topological polar surface area (TPSA) is 95.0 Å². The van der Waals surface area contributed by atoms with Gasteiger partial charge in [-0.05, 0) is 24.4 Å². The van der Waals surface area contributed by atoms with Gasteiger partial charge in [0.2, 0.25) is 11.8 Å². The van der Waals surface area contributed by atoms with Crippen molar-refractivity contribution in [3.63, 3.8) is 0 Å². The number of nitrogens with one attached hydrogen (secondary N) is 1. The number of rotatable bonds is 3. The molecule has 1 N–H and O–H groups in total. The van der Waals surface area contributed by atoms with Gasteiger partial charge in [-0.1, -0.05) is 0 Å². The van der Waals surface area contributed by atoms with Crippen LogP contribution in [0, 0.1) is 0 Å². The highest BCUT2D eigenvalue weighted by Gasteiger charge is 2.21. The van der Waals surface area contributed by atoms with Gasteiger partial charge < -0.3 is 10.1 Å². The molecule has 4 aromatic heterocycles. The molecule has 134 valence electrons. The summed E-state index contributed by atoms with van der Waals surface area (Å²) < 4.78 is 9.66. The fourth-order valence-electron chi connectivity index (χ4n) is 3.24. The number of hydrogen-bond acceptors (Lipinski definition) is 7. The predicted octanol–water partition coefficient (Wildman–Crippen LogP) is 1.12. The van der Waals surface area contributed by atoms with Crippen molar-refractivity contribution in [2.24, 2.45) is 7.05 Å². The number of hydrogen-bond donors (Lipinski definition) is 1. The summed E-state index contributed by atoms with van der Waals surface area (Å²) in [5.41, 5.74) is 2.44. The van der Waals surface area contributed by atoms with E-state index >= 15 is 0 Å². The Morgan fingerprint density at radius 2 is 2.15 bits per heavy atom. The van der Waals surface area contributed by atoms with E-state index < -0.39 is 0 Å². The van der Waals surface area contributed by atoms with Crippen LogP contribution in [0.1, 0.15) is 18.1 Å². The quantitative estimate of drug-likeness (QED) is 0.547. The molecule has 27 heavy (non-hydrogen) atoms. The summed E-state index contributed by atoms with van der Waals surface area (Å²) in [5.74, 6) is 3.30. The molecule has 1 aliphatic heterocycles. The third-order valence-corrected chi connectivity index (χ3v) is 4.75. The van der Waals surface area contributed by atoms with Gasteiger partial charge in [-0.25, -0.2) is 14.4 Å². The molecule has 0 saturated carbocycles. The van der Waals surface area contributed by atoms with Crippen molar-refractivity contribution in [2.75, 3.05) is 11.9 Å². The Labute approximate surface area is 155 Å². The third kappa shape index (κ3) is 2.69. The van der Waals surface area contributed by atoms with E-state index in [4.69, 9.17) is 4.74 Å². The van der Waals surface area contributed by atoms with Crippen LogP contribution >= 0.6 is 0 Å². The molecule has 10 heteroatoms. The van der Waals surface area contributed by atoms with E-state index in [1.165, 1.54) is 0 Å². The maximum absolute atomic E-state index is 5.95. The Kier molecular flexibility index (Phi) is 3.56. The fourth-order valence-corrected chi connectivity index (χ4v) is 3.24. The van der Waals surface area contributed by atoms with E-state index in [2.05, 4.69) is 38.4 Å². The molecule has 5 rings (SSSR count). The van der Waals surface area contributed by atoms with Crippen LogP contribution in [0.5, 0.6) is 5.88 Å². The molecule has 1 aliphatic rings. The molecule has 9 nitrogen and oxygen atoms in total. The second-order valence-electron chi connectivity index (χ2n) is 6.60. The van der Waals surface area contributed by atoms with Crippen molar-refractivity contribution in [2.45, 2.75) is 12.2 Å². The second kappa shape index (κ2) is 6.08. The van der Waals surface area contributed by atoms with Crippen LogP contribution in [-0.4, -0.2) is 48.8 Å². The normalized spacial score (nSPS) is 16.1. The predicted molar refractivity (Wildman–Crippen MR) is 102 cm³/mol. The molecule has 0 spiro atoms. The number of ether oxygens (including phenoxy) is 1. The number of aryl methyl sites for hydroxylation is 1. The highest BCUT2D eigenvalue weighted by atomic mass is 16.5. The Bertz CT molecular complexity index is 1140. The van der Waals surface area contributed by atoms with Gasteiger partial charge in [-0.3, -0.25) is 4.68 Å². The van der Waals surface area contributed by atoms with Gasteiger partial charge >= 0.3 is 0 Å². The van der Waals surface area contributed by atoms with Crippen LogP contribution in [0.2, 0.25) is 0 Å². The zero-order valence-corrected chi connectivity index (χ0v) is 15.0. The summed E-state index contributed by atoms with van der Waals surface area (Å²) in [6.07, 6.45) is 4.35. The first-order valence-corrected chi connectivity index (χ1v) is 8.79.